The molecule has 2 saturated heterocycles. The predicted molar refractivity (Wildman–Crippen MR) is 73.5 cm³/mol. The number of ether oxygens (including phenoxy) is 2. The third-order valence-electron chi connectivity index (χ3n) is 3.95. The van der Waals surface area contributed by atoms with Crippen molar-refractivity contribution in [2.75, 3.05) is 39.5 Å². The Morgan fingerprint density at radius 2 is 2.11 bits per heavy atom. The molecule has 0 aromatic rings. The quantitative estimate of drug-likeness (QED) is 0.816. The standard InChI is InChI=1S/C13H22N2O3.ClH/c16-13(12-7-14-4-6-18-12)15(11-1-2-11)8-10-3-5-17-9-10;/h10-12,14H,1-9H2;1H. The molecule has 6 heteroatoms. The molecule has 110 valence electrons. The third-order valence-corrected chi connectivity index (χ3v) is 3.95. The molecular weight excluding hydrogens is 268 g/mol. The number of carbonyl (C=O) groups excluding carboxylic acids is 1. The van der Waals surface area contributed by atoms with Gasteiger partial charge in [0.2, 0.25) is 0 Å². The first-order valence-electron chi connectivity index (χ1n) is 7.05. The number of nitrogens with one attached hydrogen (secondary N) is 1. The minimum atomic E-state index is -0.276. The summed E-state index contributed by atoms with van der Waals surface area (Å²) in [5.41, 5.74) is 0. The normalized spacial score (nSPS) is 30.7. The van der Waals surface area contributed by atoms with Crippen LogP contribution in [0, 0.1) is 5.92 Å². The molecule has 3 fully saturated rings. The molecular formula is C13H23ClN2O3. The van der Waals surface area contributed by atoms with Crippen molar-refractivity contribution in [3.8, 4) is 0 Å². The van der Waals surface area contributed by atoms with Gasteiger partial charge in [-0.1, -0.05) is 0 Å². The van der Waals surface area contributed by atoms with Gasteiger partial charge in [-0.05, 0) is 19.3 Å². The molecule has 1 N–H and O–H groups in total. The maximum Gasteiger partial charge on any atom is 0.253 e. The van der Waals surface area contributed by atoms with Crippen molar-refractivity contribution in [3.05, 3.63) is 0 Å². The SMILES string of the molecule is Cl.O=C(C1CNCCO1)N(CC1CCOC1)C1CC1. The van der Waals surface area contributed by atoms with E-state index in [1.165, 1.54) is 0 Å². The Kier molecular flexibility index (Phi) is 5.45. The highest BCUT2D eigenvalue weighted by Crippen LogP contribution is 2.29. The van der Waals surface area contributed by atoms with Crippen molar-refractivity contribution in [3.63, 3.8) is 0 Å². The van der Waals surface area contributed by atoms with E-state index < -0.39 is 0 Å². The van der Waals surface area contributed by atoms with Gasteiger partial charge in [-0.15, -0.1) is 12.4 Å². The average molecular weight is 291 g/mol. The van der Waals surface area contributed by atoms with Crippen molar-refractivity contribution in [1.29, 1.82) is 0 Å². The van der Waals surface area contributed by atoms with Crippen LogP contribution < -0.4 is 5.32 Å². The largest absolute Gasteiger partial charge is 0.381 e. The summed E-state index contributed by atoms with van der Waals surface area (Å²) in [5, 5.41) is 3.23. The fourth-order valence-corrected chi connectivity index (χ4v) is 2.72. The Bertz CT molecular complexity index is 300. The lowest BCUT2D eigenvalue weighted by Gasteiger charge is -2.31. The zero-order valence-electron chi connectivity index (χ0n) is 11.2. The second-order valence-corrected chi connectivity index (χ2v) is 5.51. The van der Waals surface area contributed by atoms with Crippen LogP contribution in [0.2, 0.25) is 0 Å². The van der Waals surface area contributed by atoms with Gasteiger partial charge in [-0.25, -0.2) is 0 Å². The molecule has 19 heavy (non-hydrogen) atoms. The van der Waals surface area contributed by atoms with E-state index in [4.69, 9.17) is 9.47 Å². The predicted octanol–water partition coefficient (Wildman–Crippen LogP) is 0.424. The first kappa shape index (κ1) is 15.0. The van der Waals surface area contributed by atoms with Gasteiger partial charge in [-0.3, -0.25) is 4.79 Å². The minimum Gasteiger partial charge on any atom is -0.381 e. The second kappa shape index (κ2) is 6.88. The second-order valence-electron chi connectivity index (χ2n) is 5.51. The Morgan fingerprint density at radius 3 is 2.68 bits per heavy atom. The third kappa shape index (κ3) is 3.81. The van der Waals surface area contributed by atoms with Crippen LogP contribution in [0.3, 0.4) is 0 Å². The molecule has 0 spiro atoms. The van der Waals surface area contributed by atoms with Crippen molar-refractivity contribution in [2.45, 2.75) is 31.4 Å². The van der Waals surface area contributed by atoms with Crippen LogP contribution in [0.25, 0.3) is 0 Å². The highest BCUT2D eigenvalue weighted by atomic mass is 35.5. The smallest absolute Gasteiger partial charge is 0.253 e. The van der Waals surface area contributed by atoms with E-state index in [-0.39, 0.29) is 24.4 Å². The zero-order valence-corrected chi connectivity index (χ0v) is 12.0. The Hall–Kier alpha value is -0.360. The number of amides is 1. The lowest BCUT2D eigenvalue weighted by Crippen LogP contribution is -2.51. The molecule has 1 saturated carbocycles. The van der Waals surface area contributed by atoms with Gasteiger partial charge in [0.15, 0.2) is 0 Å². The number of carbonyl (C=O) groups is 1. The topological polar surface area (TPSA) is 50.8 Å². The van der Waals surface area contributed by atoms with Gasteiger partial charge in [0.05, 0.1) is 13.2 Å². The molecule has 3 rings (SSSR count). The van der Waals surface area contributed by atoms with Gasteiger partial charge < -0.3 is 19.7 Å². The van der Waals surface area contributed by atoms with Crippen molar-refractivity contribution >= 4 is 18.3 Å². The van der Waals surface area contributed by atoms with E-state index >= 15 is 0 Å². The molecule has 2 heterocycles. The molecule has 2 atom stereocenters. The number of hydrogen-bond donors (Lipinski definition) is 1. The Balaban J connectivity index is 0.00000133. The highest BCUT2D eigenvalue weighted by molar-refractivity contribution is 5.85. The van der Waals surface area contributed by atoms with Crippen LogP contribution in [-0.2, 0) is 14.3 Å². The summed E-state index contributed by atoms with van der Waals surface area (Å²) in [5.74, 6) is 0.697. The molecule has 0 aromatic heterocycles. The lowest BCUT2D eigenvalue weighted by molar-refractivity contribution is -0.146. The van der Waals surface area contributed by atoms with Crippen LogP contribution in [-0.4, -0.2) is 62.4 Å². The van der Waals surface area contributed by atoms with E-state index in [2.05, 4.69) is 10.2 Å². The van der Waals surface area contributed by atoms with Gasteiger partial charge >= 0.3 is 0 Å². The van der Waals surface area contributed by atoms with Gasteiger partial charge in [-0.2, -0.15) is 0 Å². The summed E-state index contributed by atoms with van der Waals surface area (Å²) in [4.78, 5) is 14.5. The fraction of sp³-hybridized carbons (Fsp3) is 0.923. The molecule has 0 aromatic carbocycles. The first-order chi connectivity index (χ1) is 8.84. The monoisotopic (exact) mass is 290 g/mol. The van der Waals surface area contributed by atoms with Crippen molar-refractivity contribution < 1.29 is 14.3 Å². The molecule has 1 aliphatic carbocycles. The molecule has 0 bridgehead atoms. The molecule has 2 unspecified atom stereocenters. The molecule has 0 radical (unpaired) electrons. The Labute approximate surface area is 120 Å². The van der Waals surface area contributed by atoms with Gasteiger partial charge in [0, 0.05) is 38.2 Å². The summed E-state index contributed by atoms with van der Waals surface area (Å²) in [6.07, 6.45) is 3.11. The van der Waals surface area contributed by atoms with E-state index in [9.17, 15) is 4.79 Å². The molecule has 3 aliphatic rings. The number of morpholine rings is 1. The van der Waals surface area contributed by atoms with Crippen LogP contribution in [0.1, 0.15) is 19.3 Å². The number of halogens is 1. The summed E-state index contributed by atoms with van der Waals surface area (Å²) in [6.45, 7) is 4.65. The fourth-order valence-electron chi connectivity index (χ4n) is 2.72. The number of nitrogens with zero attached hydrogens (tertiary/aromatic N) is 1. The van der Waals surface area contributed by atoms with Crippen molar-refractivity contribution in [2.24, 2.45) is 5.92 Å². The van der Waals surface area contributed by atoms with Gasteiger partial charge in [0.1, 0.15) is 6.10 Å². The Morgan fingerprint density at radius 1 is 1.26 bits per heavy atom. The summed E-state index contributed by atoms with van der Waals surface area (Å²) in [7, 11) is 0. The lowest BCUT2D eigenvalue weighted by atomic mass is 10.1. The minimum absolute atomic E-state index is 0. The van der Waals surface area contributed by atoms with E-state index in [1.807, 2.05) is 0 Å². The van der Waals surface area contributed by atoms with E-state index in [0.717, 1.165) is 45.6 Å². The van der Waals surface area contributed by atoms with Crippen LogP contribution >= 0.6 is 12.4 Å². The average Bonchev–Trinajstić information content (AvgIpc) is 3.13. The summed E-state index contributed by atoms with van der Waals surface area (Å²) in [6, 6.07) is 0.462. The molecule has 2 aliphatic heterocycles. The molecule has 1 amide bonds. The molecule has 5 nitrogen and oxygen atoms in total. The maximum atomic E-state index is 12.5. The van der Waals surface area contributed by atoms with Crippen molar-refractivity contribution in [1.82, 2.24) is 10.2 Å². The van der Waals surface area contributed by atoms with E-state index in [0.29, 0.717) is 25.1 Å². The van der Waals surface area contributed by atoms with Gasteiger partial charge in [0.25, 0.3) is 5.91 Å². The van der Waals surface area contributed by atoms with Crippen LogP contribution in [0.4, 0.5) is 0 Å². The summed E-state index contributed by atoms with van der Waals surface area (Å²) >= 11 is 0. The zero-order chi connectivity index (χ0) is 12.4. The maximum absolute atomic E-state index is 12.5. The van der Waals surface area contributed by atoms with Crippen LogP contribution in [0.5, 0.6) is 0 Å². The first-order valence-corrected chi connectivity index (χ1v) is 7.05. The highest BCUT2D eigenvalue weighted by Gasteiger charge is 2.38. The van der Waals surface area contributed by atoms with Crippen LogP contribution in [0.15, 0.2) is 0 Å². The van der Waals surface area contributed by atoms with E-state index in [1.54, 1.807) is 0 Å². The number of rotatable bonds is 4. The number of hydrogen-bond acceptors (Lipinski definition) is 4. The summed E-state index contributed by atoms with van der Waals surface area (Å²) < 4.78 is 11.0.